The molecule has 1 unspecified atom stereocenters. The van der Waals surface area contributed by atoms with Gasteiger partial charge >= 0.3 is 0 Å². The second kappa shape index (κ2) is 6.89. The van der Waals surface area contributed by atoms with Crippen LogP contribution in [0.15, 0.2) is 0 Å². The molecule has 0 spiro atoms. The molecule has 0 aromatic carbocycles. The number of piperazine rings is 1. The van der Waals surface area contributed by atoms with Gasteiger partial charge in [-0.1, -0.05) is 13.8 Å². The molecule has 138 valence electrons. The van der Waals surface area contributed by atoms with Gasteiger partial charge in [0.05, 0.1) is 0 Å². The minimum atomic E-state index is 0.728. The van der Waals surface area contributed by atoms with E-state index in [9.17, 15) is 0 Å². The van der Waals surface area contributed by atoms with E-state index in [1.54, 1.807) is 0 Å². The van der Waals surface area contributed by atoms with Crippen LogP contribution in [0.3, 0.4) is 0 Å². The maximum atomic E-state index is 2.86. The average Bonchev–Trinajstić information content (AvgIpc) is 2.98. The van der Waals surface area contributed by atoms with Gasteiger partial charge in [0.2, 0.25) is 0 Å². The Morgan fingerprint density at radius 1 is 0.917 bits per heavy atom. The lowest BCUT2D eigenvalue weighted by atomic mass is 9.93. The van der Waals surface area contributed by atoms with Crippen molar-refractivity contribution < 1.29 is 0 Å². The monoisotopic (exact) mass is 333 g/mol. The summed E-state index contributed by atoms with van der Waals surface area (Å²) in [5.74, 6) is 3.92. The van der Waals surface area contributed by atoms with E-state index in [2.05, 4.69) is 35.6 Å². The molecular formula is C21H39N3. The fourth-order valence-electron chi connectivity index (χ4n) is 6.14. The van der Waals surface area contributed by atoms with Crippen LogP contribution in [0, 0.1) is 29.1 Å². The predicted molar refractivity (Wildman–Crippen MR) is 101 cm³/mol. The zero-order valence-corrected chi connectivity index (χ0v) is 16.3. The van der Waals surface area contributed by atoms with Gasteiger partial charge in [0, 0.05) is 52.4 Å². The van der Waals surface area contributed by atoms with Crippen molar-refractivity contribution in [3.8, 4) is 0 Å². The molecule has 4 aliphatic rings. The van der Waals surface area contributed by atoms with Crippen LogP contribution in [0.4, 0.5) is 0 Å². The molecule has 0 amide bonds. The van der Waals surface area contributed by atoms with Gasteiger partial charge in [-0.15, -0.1) is 0 Å². The Labute approximate surface area is 149 Å². The third-order valence-corrected chi connectivity index (χ3v) is 7.39. The van der Waals surface area contributed by atoms with Crippen molar-refractivity contribution in [2.75, 3.05) is 59.4 Å². The van der Waals surface area contributed by atoms with Gasteiger partial charge in [-0.3, -0.25) is 0 Å². The van der Waals surface area contributed by atoms with Crippen molar-refractivity contribution in [1.82, 2.24) is 14.7 Å². The Hall–Kier alpha value is -0.120. The van der Waals surface area contributed by atoms with Crippen molar-refractivity contribution in [2.45, 2.75) is 46.0 Å². The largest absolute Gasteiger partial charge is 0.304 e. The van der Waals surface area contributed by atoms with Gasteiger partial charge in [-0.2, -0.15) is 0 Å². The lowest BCUT2D eigenvalue weighted by Crippen LogP contribution is -2.46. The average molecular weight is 334 g/mol. The smallest absolute Gasteiger partial charge is 0.0110 e. The normalized spacial score (nSPS) is 37.2. The highest BCUT2D eigenvalue weighted by Crippen LogP contribution is 2.52. The number of rotatable bonds is 6. The molecule has 4 fully saturated rings. The van der Waals surface area contributed by atoms with Gasteiger partial charge in [-0.25, -0.2) is 0 Å². The quantitative estimate of drug-likeness (QED) is 0.740. The molecule has 2 saturated heterocycles. The molecule has 3 nitrogen and oxygen atoms in total. The zero-order chi connectivity index (χ0) is 16.7. The van der Waals surface area contributed by atoms with Crippen LogP contribution in [0.1, 0.15) is 46.0 Å². The first-order chi connectivity index (χ1) is 11.5. The first-order valence-corrected chi connectivity index (χ1v) is 10.6. The Morgan fingerprint density at radius 2 is 1.54 bits per heavy atom. The molecule has 2 saturated carbocycles. The molecule has 0 radical (unpaired) electrons. The fourth-order valence-corrected chi connectivity index (χ4v) is 6.14. The maximum absolute atomic E-state index is 2.86. The van der Waals surface area contributed by atoms with Crippen molar-refractivity contribution in [1.29, 1.82) is 0 Å². The predicted octanol–water partition coefficient (Wildman–Crippen LogP) is 3.02. The van der Waals surface area contributed by atoms with Crippen molar-refractivity contribution >= 4 is 0 Å². The number of likely N-dealkylation sites (N-methyl/N-ethyl adjacent to an activating group) is 1. The van der Waals surface area contributed by atoms with Gasteiger partial charge in [0.1, 0.15) is 0 Å². The van der Waals surface area contributed by atoms with Gasteiger partial charge in [-0.05, 0) is 68.2 Å². The van der Waals surface area contributed by atoms with Crippen LogP contribution in [-0.4, -0.2) is 74.1 Å². The first-order valence-electron chi connectivity index (χ1n) is 10.6. The van der Waals surface area contributed by atoms with Gasteiger partial charge < -0.3 is 14.7 Å². The Morgan fingerprint density at radius 3 is 2.08 bits per heavy atom. The number of hydrogen-bond acceptors (Lipinski definition) is 3. The molecule has 4 rings (SSSR count). The maximum Gasteiger partial charge on any atom is 0.0110 e. The molecular weight excluding hydrogens is 294 g/mol. The standard InChI is InChI=1S/C21H39N3/c1-17(2)12-21(4-5-21)16-24-14-19-10-18(11-20(19)15-24)13-23-8-6-22(3)7-9-23/h17-20H,4-16H2,1-3H3/t18?,19-,20+. The molecule has 0 aromatic rings. The Balaban J connectivity index is 1.21. The summed E-state index contributed by atoms with van der Waals surface area (Å²) in [5, 5.41) is 0. The lowest BCUT2D eigenvalue weighted by molar-refractivity contribution is 0.132. The first kappa shape index (κ1) is 17.3. The summed E-state index contributed by atoms with van der Waals surface area (Å²) in [7, 11) is 2.26. The number of nitrogens with zero attached hydrogens (tertiary/aromatic N) is 3. The van der Waals surface area contributed by atoms with Crippen LogP contribution < -0.4 is 0 Å². The zero-order valence-electron chi connectivity index (χ0n) is 16.3. The molecule has 0 bridgehead atoms. The summed E-state index contributed by atoms with van der Waals surface area (Å²) >= 11 is 0. The van der Waals surface area contributed by atoms with Gasteiger partial charge in [0.25, 0.3) is 0 Å². The summed E-state index contributed by atoms with van der Waals surface area (Å²) < 4.78 is 0. The Bertz CT molecular complexity index is 409. The molecule has 0 aromatic heterocycles. The molecule has 0 N–H and O–H groups in total. The summed E-state index contributed by atoms with van der Waals surface area (Å²) in [6.45, 7) is 15.6. The SMILES string of the molecule is CC(C)CC1(CN2C[C@H]3CC(CN4CCN(C)CC4)C[C@H]3C2)CC1. The fraction of sp³-hybridized carbons (Fsp3) is 1.00. The van der Waals surface area contributed by atoms with Crippen LogP contribution in [-0.2, 0) is 0 Å². The lowest BCUT2D eigenvalue weighted by Gasteiger charge is -2.34. The van der Waals surface area contributed by atoms with Crippen LogP contribution in [0.5, 0.6) is 0 Å². The Kier molecular flexibility index (Phi) is 4.96. The molecule has 2 heterocycles. The third-order valence-electron chi connectivity index (χ3n) is 7.39. The van der Waals surface area contributed by atoms with E-state index in [1.165, 1.54) is 84.5 Å². The molecule has 3 atom stereocenters. The summed E-state index contributed by atoms with van der Waals surface area (Å²) in [5.41, 5.74) is 0.728. The summed E-state index contributed by atoms with van der Waals surface area (Å²) in [6.07, 6.45) is 7.51. The molecule has 2 aliphatic carbocycles. The highest BCUT2D eigenvalue weighted by atomic mass is 15.2. The van der Waals surface area contributed by atoms with Gasteiger partial charge in [0.15, 0.2) is 0 Å². The van der Waals surface area contributed by atoms with E-state index in [1.807, 2.05) is 0 Å². The van der Waals surface area contributed by atoms with Crippen molar-refractivity contribution in [2.24, 2.45) is 29.1 Å². The van der Waals surface area contributed by atoms with Crippen LogP contribution in [0.2, 0.25) is 0 Å². The van der Waals surface area contributed by atoms with Crippen LogP contribution >= 0.6 is 0 Å². The second-order valence-electron chi connectivity index (χ2n) is 10.3. The molecule has 2 aliphatic heterocycles. The third kappa shape index (κ3) is 3.99. The number of hydrogen-bond donors (Lipinski definition) is 0. The summed E-state index contributed by atoms with van der Waals surface area (Å²) in [6, 6.07) is 0. The molecule has 24 heavy (non-hydrogen) atoms. The second-order valence-corrected chi connectivity index (χ2v) is 10.3. The highest BCUT2D eigenvalue weighted by molar-refractivity contribution is 5.00. The van der Waals surface area contributed by atoms with E-state index in [0.29, 0.717) is 0 Å². The van der Waals surface area contributed by atoms with Crippen LogP contribution in [0.25, 0.3) is 0 Å². The highest BCUT2D eigenvalue weighted by Gasteiger charge is 2.47. The van der Waals surface area contributed by atoms with E-state index in [0.717, 1.165) is 29.1 Å². The van der Waals surface area contributed by atoms with E-state index in [4.69, 9.17) is 0 Å². The van der Waals surface area contributed by atoms with E-state index in [-0.39, 0.29) is 0 Å². The number of fused-ring (bicyclic) bond motifs is 1. The minimum absolute atomic E-state index is 0.728. The minimum Gasteiger partial charge on any atom is -0.304 e. The van der Waals surface area contributed by atoms with Crippen molar-refractivity contribution in [3.05, 3.63) is 0 Å². The number of likely N-dealkylation sites (tertiary alicyclic amines) is 1. The summed E-state index contributed by atoms with van der Waals surface area (Å²) in [4.78, 5) is 8.07. The van der Waals surface area contributed by atoms with Crippen molar-refractivity contribution in [3.63, 3.8) is 0 Å². The van der Waals surface area contributed by atoms with E-state index < -0.39 is 0 Å². The van der Waals surface area contributed by atoms with E-state index >= 15 is 0 Å². The molecule has 3 heteroatoms. The topological polar surface area (TPSA) is 9.72 Å².